The Balaban J connectivity index is 1.57. The van der Waals surface area contributed by atoms with Crippen LogP contribution in [0.15, 0.2) is 73.2 Å². The SMILES string of the molecule is C=C(C)C(=O)Nc1ccc(-n2nc3ncnc(N)c3c2-c2ccc(Oc3nccc(C)n3)c(F)c2)cc1. The zero-order chi connectivity index (χ0) is 26.1. The Morgan fingerprint density at radius 2 is 1.89 bits per heavy atom. The molecule has 11 heteroatoms. The molecule has 1 amide bonds. The van der Waals surface area contributed by atoms with E-state index in [1.54, 1.807) is 54.9 Å². The minimum atomic E-state index is -0.628. The summed E-state index contributed by atoms with van der Waals surface area (Å²) in [6.45, 7) is 7.05. The van der Waals surface area contributed by atoms with Gasteiger partial charge < -0.3 is 15.8 Å². The molecular weight excluding hydrogens is 475 g/mol. The van der Waals surface area contributed by atoms with Crippen LogP contribution in [-0.2, 0) is 4.79 Å². The highest BCUT2D eigenvalue weighted by atomic mass is 19.1. The lowest BCUT2D eigenvalue weighted by Gasteiger charge is -2.11. The number of anilines is 2. The summed E-state index contributed by atoms with van der Waals surface area (Å²) in [7, 11) is 0. The van der Waals surface area contributed by atoms with Gasteiger partial charge in [-0.3, -0.25) is 4.79 Å². The van der Waals surface area contributed by atoms with Crippen molar-refractivity contribution >= 4 is 28.4 Å². The topological polar surface area (TPSA) is 134 Å². The first-order chi connectivity index (χ1) is 17.8. The van der Waals surface area contributed by atoms with E-state index >= 15 is 4.39 Å². The van der Waals surface area contributed by atoms with Gasteiger partial charge in [-0.05, 0) is 62.4 Å². The van der Waals surface area contributed by atoms with Crippen molar-refractivity contribution in [1.82, 2.24) is 29.7 Å². The number of amides is 1. The van der Waals surface area contributed by atoms with Crippen molar-refractivity contribution in [3.63, 3.8) is 0 Å². The van der Waals surface area contributed by atoms with Crippen molar-refractivity contribution in [3.05, 3.63) is 84.7 Å². The van der Waals surface area contributed by atoms with Gasteiger partial charge in [0.05, 0.1) is 16.8 Å². The van der Waals surface area contributed by atoms with Crippen LogP contribution in [0.25, 0.3) is 28.0 Å². The number of aromatic nitrogens is 6. The molecule has 3 aromatic heterocycles. The number of benzene rings is 2. The number of carbonyl (C=O) groups is 1. The number of ether oxygens (including phenoxy) is 1. The van der Waals surface area contributed by atoms with E-state index in [1.807, 2.05) is 0 Å². The van der Waals surface area contributed by atoms with E-state index in [0.29, 0.717) is 44.9 Å². The van der Waals surface area contributed by atoms with Gasteiger partial charge >= 0.3 is 6.01 Å². The van der Waals surface area contributed by atoms with Crippen LogP contribution in [0.5, 0.6) is 11.8 Å². The Hall–Kier alpha value is -5.19. The number of nitrogens with one attached hydrogen (secondary N) is 1. The predicted molar refractivity (Wildman–Crippen MR) is 137 cm³/mol. The number of hydrogen-bond acceptors (Lipinski definition) is 8. The molecule has 0 atom stereocenters. The molecule has 0 saturated carbocycles. The molecule has 0 radical (unpaired) electrons. The van der Waals surface area contributed by atoms with Crippen LogP contribution >= 0.6 is 0 Å². The van der Waals surface area contributed by atoms with Crippen LogP contribution in [0.1, 0.15) is 12.6 Å². The molecule has 0 fully saturated rings. The highest BCUT2D eigenvalue weighted by Gasteiger charge is 2.20. The number of hydrogen-bond donors (Lipinski definition) is 2. The second-order valence-corrected chi connectivity index (χ2v) is 8.23. The van der Waals surface area contributed by atoms with Gasteiger partial charge in [-0.2, -0.15) is 0 Å². The van der Waals surface area contributed by atoms with Gasteiger partial charge in [0, 0.05) is 28.7 Å². The first kappa shape index (κ1) is 23.5. The summed E-state index contributed by atoms with van der Waals surface area (Å²) in [5, 5.41) is 7.80. The quantitative estimate of drug-likeness (QED) is 0.326. The normalized spacial score (nSPS) is 10.9. The van der Waals surface area contributed by atoms with Gasteiger partial charge in [-0.1, -0.05) is 6.58 Å². The first-order valence-electron chi connectivity index (χ1n) is 11.1. The summed E-state index contributed by atoms with van der Waals surface area (Å²) in [5.41, 5.74) is 9.79. The number of nitrogen functional groups attached to an aromatic ring is 1. The summed E-state index contributed by atoms with van der Waals surface area (Å²) in [4.78, 5) is 28.4. The van der Waals surface area contributed by atoms with Crippen LogP contribution in [0, 0.1) is 12.7 Å². The molecule has 0 aliphatic heterocycles. The fourth-order valence-electron chi connectivity index (χ4n) is 3.62. The van der Waals surface area contributed by atoms with Crippen LogP contribution in [0.3, 0.4) is 0 Å². The number of halogens is 1. The minimum Gasteiger partial charge on any atom is -0.421 e. The third-order valence-corrected chi connectivity index (χ3v) is 5.44. The summed E-state index contributed by atoms with van der Waals surface area (Å²) in [5.74, 6) is -0.746. The molecule has 10 nitrogen and oxygen atoms in total. The fraction of sp³-hybridized carbons (Fsp3) is 0.0769. The summed E-state index contributed by atoms with van der Waals surface area (Å²) >= 11 is 0. The summed E-state index contributed by atoms with van der Waals surface area (Å²) < 4.78 is 22.3. The Morgan fingerprint density at radius 3 is 2.59 bits per heavy atom. The number of carbonyl (C=O) groups excluding carboxylic acids is 1. The van der Waals surface area contributed by atoms with E-state index < -0.39 is 5.82 Å². The van der Waals surface area contributed by atoms with Gasteiger partial charge in [0.1, 0.15) is 12.1 Å². The van der Waals surface area contributed by atoms with E-state index in [-0.39, 0.29) is 23.5 Å². The Kier molecular flexibility index (Phi) is 6.02. The van der Waals surface area contributed by atoms with E-state index in [2.05, 4.69) is 36.9 Å². The zero-order valence-electron chi connectivity index (χ0n) is 19.9. The molecule has 184 valence electrons. The number of nitrogens with zero attached hydrogens (tertiary/aromatic N) is 6. The zero-order valence-corrected chi connectivity index (χ0v) is 19.9. The Bertz CT molecular complexity index is 1660. The predicted octanol–water partition coefficient (Wildman–Crippen LogP) is 4.61. The van der Waals surface area contributed by atoms with Crippen LogP contribution in [0.4, 0.5) is 15.9 Å². The van der Waals surface area contributed by atoms with Gasteiger partial charge in [0.15, 0.2) is 17.2 Å². The smallest absolute Gasteiger partial charge is 0.322 e. The fourth-order valence-corrected chi connectivity index (χ4v) is 3.62. The van der Waals surface area contributed by atoms with Crippen molar-refractivity contribution in [1.29, 1.82) is 0 Å². The molecule has 0 bridgehead atoms. The molecule has 0 aliphatic carbocycles. The maximum absolute atomic E-state index is 15.2. The standard InChI is InChI=1S/C26H21FN8O2/c1-14(2)25(36)33-17-5-7-18(8-6-17)35-22(21-23(28)30-13-31-24(21)34-35)16-4-9-20(19(27)12-16)37-26-29-11-10-15(3)32-26/h4-13H,1H2,2-3H3,(H,33,36)(H2,28,30,31,34). The molecule has 0 spiro atoms. The molecule has 3 N–H and O–H groups in total. The lowest BCUT2D eigenvalue weighted by Crippen LogP contribution is -2.11. The van der Waals surface area contributed by atoms with Crippen LogP contribution in [0.2, 0.25) is 0 Å². The van der Waals surface area contributed by atoms with Crippen LogP contribution < -0.4 is 15.8 Å². The van der Waals surface area contributed by atoms with E-state index in [0.717, 1.165) is 0 Å². The molecule has 0 aliphatic rings. The first-order valence-corrected chi connectivity index (χ1v) is 11.1. The average Bonchev–Trinajstić information content (AvgIpc) is 3.27. The second kappa shape index (κ2) is 9.46. The van der Waals surface area contributed by atoms with Crippen molar-refractivity contribution in [2.45, 2.75) is 13.8 Å². The highest BCUT2D eigenvalue weighted by molar-refractivity contribution is 6.03. The molecule has 5 aromatic rings. The van der Waals surface area contributed by atoms with E-state index in [4.69, 9.17) is 10.5 Å². The summed E-state index contributed by atoms with van der Waals surface area (Å²) in [6.07, 6.45) is 2.85. The maximum atomic E-state index is 15.2. The van der Waals surface area contributed by atoms with Gasteiger partial charge in [0.2, 0.25) is 0 Å². The lowest BCUT2D eigenvalue weighted by molar-refractivity contribution is -0.112. The van der Waals surface area contributed by atoms with Crippen LogP contribution in [-0.4, -0.2) is 35.6 Å². The maximum Gasteiger partial charge on any atom is 0.322 e. The van der Waals surface area contributed by atoms with Crippen molar-refractivity contribution in [3.8, 4) is 28.7 Å². The van der Waals surface area contributed by atoms with Crippen molar-refractivity contribution < 1.29 is 13.9 Å². The molecule has 0 unspecified atom stereocenters. The Labute approximate surface area is 210 Å². The van der Waals surface area contributed by atoms with Gasteiger partial charge in [-0.15, -0.1) is 5.10 Å². The molecular formula is C26H21FN8O2. The molecule has 2 aromatic carbocycles. The molecule has 3 heterocycles. The summed E-state index contributed by atoms with van der Waals surface area (Å²) in [6, 6.07) is 13.2. The van der Waals surface area contributed by atoms with E-state index in [9.17, 15) is 4.79 Å². The average molecular weight is 497 g/mol. The van der Waals surface area contributed by atoms with E-state index in [1.165, 1.54) is 24.7 Å². The number of nitrogens with two attached hydrogens (primary N) is 1. The number of rotatable bonds is 6. The third-order valence-electron chi connectivity index (χ3n) is 5.44. The van der Waals surface area contributed by atoms with Crippen molar-refractivity contribution in [2.24, 2.45) is 0 Å². The van der Waals surface area contributed by atoms with Gasteiger partial charge in [0.25, 0.3) is 5.91 Å². The second-order valence-electron chi connectivity index (χ2n) is 8.23. The molecule has 37 heavy (non-hydrogen) atoms. The van der Waals surface area contributed by atoms with Gasteiger partial charge in [-0.25, -0.2) is 29.0 Å². The Morgan fingerprint density at radius 1 is 1.11 bits per heavy atom. The lowest BCUT2D eigenvalue weighted by atomic mass is 10.1. The number of fused-ring (bicyclic) bond motifs is 1. The molecule has 5 rings (SSSR count). The number of aryl methyl sites for hydroxylation is 1. The molecule has 0 saturated heterocycles. The highest BCUT2D eigenvalue weighted by Crippen LogP contribution is 2.35. The third kappa shape index (κ3) is 4.69. The monoisotopic (exact) mass is 496 g/mol. The largest absolute Gasteiger partial charge is 0.421 e. The van der Waals surface area contributed by atoms with Crippen molar-refractivity contribution in [2.75, 3.05) is 11.1 Å². The minimum absolute atomic E-state index is 0.0356.